The standard InChI is InChI=1S/C26H21N7O4/c27-13-14-28-22-16-26-24(15-23(22)29-17-5-7-19(8-6-17)32(34)35)30-21-3-1-2-4-25(21)31(26)18-9-11-20(12-10-18)33(36)37/h1-12,15-16,29H,13-14,27H2/b28-22-. The van der Waals surface area contributed by atoms with Gasteiger partial charge in [0, 0.05) is 42.2 Å². The highest BCUT2D eigenvalue weighted by Crippen LogP contribution is 2.31. The van der Waals surface area contributed by atoms with E-state index >= 15 is 0 Å². The number of hydrogen-bond donors (Lipinski definition) is 2. The maximum absolute atomic E-state index is 11.2. The lowest BCUT2D eigenvalue weighted by Gasteiger charge is -2.20. The van der Waals surface area contributed by atoms with Crippen LogP contribution in [0.3, 0.4) is 0 Å². The maximum Gasteiger partial charge on any atom is 0.269 e. The van der Waals surface area contributed by atoms with Gasteiger partial charge >= 0.3 is 0 Å². The summed E-state index contributed by atoms with van der Waals surface area (Å²) < 4.78 is 1.98. The maximum atomic E-state index is 11.2. The first-order chi connectivity index (χ1) is 17.9. The molecule has 1 heterocycles. The van der Waals surface area contributed by atoms with Crippen LogP contribution in [-0.4, -0.2) is 32.5 Å². The minimum atomic E-state index is -0.451. The second-order valence-electron chi connectivity index (χ2n) is 8.17. The molecule has 0 saturated heterocycles. The third-order valence-electron chi connectivity index (χ3n) is 5.78. The third-order valence-corrected chi connectivity index (χ3v) is 5.78. The first-order valence-electron chi connectivity index (χ1n) is 11.4. The number of hydrogen-bond acceptors (Lipinski definition) is 8. The molecule has 2 aliphatic rings. The largest absolute Gasteiger partial charge is 0.354 e. The van der Waals surface area contributed by atoms with Crippen molar-refractivity contribution >= 4 is 33.8 Å². The number of nitro benzene ring substituents is 2. The lowest BCUT2D eigenvalue weighted by molar-refractivity contribution is -0.385. The van der Waals surface area contributed by atoms with Crippen molar-refractivity contribution in [2.24, 2.45) is 10.7 Å². The van der Waals surface area contributed by atoms with Gasteiger partial charge < -0.3 is 15.6 Å². The number of benzene rings is 4. The zero-order chi connectivity index (χ0) is 25.9. The molecule has 0 unspecified atom stereocenters. The molecule has 5 rings (SSSR count). The van der Waals surface area contributed by atoms with Gasteiger partial charge in [0.15, 0.2) is 0 Å². The monoisotopic (exact) mass is 495 g/mol. The van der Waals surface area contributed by atoms with Crippen LogP contribution < -0.4 is 16.4 Å². The summed E-state index contributed by atoms with van der Waals surface area (Å²) >= 11 is 0. The normalized spacial score (nSPS) is 11.6. The van der Waals surface area contributed by atoms with Gasteiger partial charge in [0.25, 0.3) is 11.4 Å². The number of rotatable bonds is 7. The number of nitrogens with two attached hydrogens (primary N) is 1. The molecule has 3 aromatic carbocycles. The Morgan fingerprint density at radius 3 is 2.19 bits per heavy atom. The van der Waals surface area contributed by atoms with Crippen LogP contribution in [0.5, 0.6) is 0 Å². The summed E-state index contributed by atoms with van der Waals surface area (Å²) in [7, 11) is 0. The number of nitrogens with zero attached hydrogens (tertiary/aromatic N) is 5. The molecule has 0 bridgehead atoms. The van der Waals surface area contributed by atoms with Crippen molar-refractivity contribution in [2.45, 2.75) is 0 Å². The Hall–Kier alpha value is -5.16. The van der Waals surface area contributed by atoms with E-state index in [2.05, 4.69) is 10.3 Å². The Labute approximate surface area is 210 Å². The highest BCUT2D eigenvalue weighted by Gasteiger charge is 2.17. The van der Waals surface area contributed by atoms with E-state index in [1.54, 1.807) is 24.3 Å². The summed E-state index contributed by atoms with van der Waals surface area (Å²) in [6.07, 6.45) is 0. The van der Waals surface area contributed by atoms with Gasteiger partial charge in [0.05, 0.1) is 49.9 Å². The summed E-state index contributed by atoms with van der Waals surface area (Å²) in [6.45, 7) is 0.742. The average Bonchev–Trinajstić information content (AvgIpc) is 2.91. The van der Waals surface area contributed by atoms with Gasteiger partial charge in [0.1, 0.15) is 0 Å². The lowest BCUT2D eigenvalue weighted by Crippen LogP contribution is -2.16. The molecule has 0 amide bonds. The predicted octanol–water partition coefficient (Wildman–Crippen LogP) is 4.55. The predicted molar refractivity (Wildman–Crippen MR) is 140 cm³/mol. The molecule has 11 heteroatoms. The van der Waals surface area contributed by atoms with Crippen molar-refractivity contribution in [1.29, 1.82) is 0 Å². The van der Waals surface area contributed by atoms with Gasteiger partial charge in [-0.05, 0) is 48.5 Å². The Bertz CT molecular complexity index is 1660. The number of para-hydroxylation sites is 2. The molecule has 3 N–H and O–H groups in total. The molecule has 3 aromatic rings. The Kier molecular flexibility index (Phi) is 6.27. The molecule has 1 aliphatic heterocycles. The van der Waals surface area contributed by atoms with E-state index < -0.39 is 9.85 Å². The van der Waals surface area contributed by atoms with Crippen LogP contribution in [0.1, 0.15) is 0 Å². The summed E-state index contributed by atoms with van der Waals surface area (Å²) in [5.74, 6) is 0. The van der Waals surface area contributed by atoms with Crippen molar-refractivity contribution in [3.63, 3.8) is 0 Å². The number of nitrogens with one attached hydrogen (secondary N) is 1. The number of aromatic nitrogens is 2. The fourth-order valence-electron chi connectivity index (χ4n) is 4.08. The molecule has 37 heavy (non-hydrogen) atoms. The van der Waals surface area contributed by atoms with E-state index in [0.717, 1.165) is 22.4 Å². The molecule has 11 nitrogen and oxygen atoms in total. The van der Waals surface area contributed by atoms with Crippen LogP contribution in [0.25, 0.3) is 28.1 Å². The molecule has 184 valence electrons. The highest BCUT2D eigenvalue weighted by molar-refractivity contribution is 5.84. The Balaban J connectivity index is 1.72. The van der Waals surface area contributed by atoms with Gasteiger partial charge in [-0.3, -0.25) is 25.2 Å². The minimum Gasteiger partial charge on any atom is -0.354 e. The highest BCUT2D eigenvalue weighted by atomic mass is 16.6. The zero-order valence-corrected chi connectivity index (χ0v) is 19.4. The number of anilines is 2. The van der Waals surface area contributed by atoms with Crippen LogP contribution in [0.4, 0.5) is 22.7 Å². The molecule has 0 saturated carbocycles. The first kappa shape index (κ1) is 23.6. The van der Waals surface area contributed by atoms with Crippen LogP contribution >= 0.6 is 0 Å². The van der Waals surface area contributed by atoms with E-state index in [1.165, 1.54) is 24.3 Å². The van der Waals surface area contributed by atoms with E-state index in [9.17, 15) is 20.2 Å². The van der Waals surface area contributed by atoms with Crippen molar-refractivity contribution in [3.8, 4) is 17.1 Å². The molecule has 1 aliphatic carbocycles. The van der Waals surface area contributed by atoms with E-state index in [4.69, 9.17) is 10.7 Å². The first-order valence-corrected chi connectivity index (χ1v) is 11.4. The molecule has 0 fully saturated rings. The molecular weight excluding hydrogens is 474 g/mol. The van der Waals surface area contributed by atoms with Crippen molar-refractivity contribution in [3.05, 3.63) is 111 Å². The SMILES string of the molecule is NCC/N=c1/cc2n(-c3ccc([N+](=O)[O-])cc3)c3ccccc3nc-2cc1Nc1ccc([N+](=O)[O-])cc1. The number of fused-ring (bicyclic) bond motifs is 2. The van der Waals surface area contributed by atoms with Crippen molar-refractivity contribution in [1.82, 2.24) is 9.55 Å². The quantitative estimate of drug-likeness (QED) is 0.191. The minimum absolute atomic E-state index is 0.000219. The van der Waals surface area contributed by atoms with Crippen molar-refractivity contribution < 1.29 is 9.85 Å². The topological polar surface area (TPSA) is 155 Å². The molecule has 0 aromatic heterocycles. The van der Waals surface area contributed by atoms with E-state index in [-0.39, 0.29) is 11.4 Å². The lowest BCUT2D eigenvalue weighted by atomic mass is 10.1. The Morgan fingerprint density at radius 2 is 1.54 bits per heavy atom. The second kappa shape index (κ2) is 9.84. The fourth-order valence-corrected chi connectivity index (χ4v) is 4.08. The van der Waals surface area contributed by atoms with Gasteiger partial charge in [-0.15, -0.1) is 0 Å². The second-order valence-corrected chi connectivity index (χ2v) is 8.17. The van der Waals surface area contributed by atoms with Crippen molar-refractivity contribution in [2.75, 3.05) is 18.4 Å². The van der Waals surface area contributed by atoms with Crippen LogP contribution in [0.15, 0.2) is 89.9 Å². The molecule has 0 spiro atoms. The summed E-state index contributed by atoms with van der Waals surface area (Å²) in [5.41, 5.74) is 10.7. The molecule has 0 radical (unpaired) electrons. The van der Waals surface area contributed by atoms with Crippen LogP contribution in [0, 0.1) is 20.2 Å². The molecule has 0 atom stereocenters. The smallest absolute Gasteiger partial charge is 0.269 e. The van der Waals surface area contributed by atoms with Crippen LogP contribution in [0.2, 0.25) is 0 Å². The van der Waals surface area contributed by atoms with E-state index in [0.29, 0.717) is 35.5 Å². The zero-order valence-electron chi connectivity index (χ0n) is 19.4. The van der Waals surface area contributed by atoms with Gasteiger partial charge in [-0.1, -0.05) is 12.1 Å². The summed E-state index contributed by atoms with van der Waals surface area (Å²) in [4.78, 5) is 30.8. The van der Waals surface area contributed by atoms with E-state index in [1.807, 2.05) is 41.0 Å². The third kappa shape index (κ3) is 4.70. The number of non-ortho nitro benzene ring substituents is 2. The average molecular weight is 495 g/mol. The molecular formula is C26H21N7O4. The van der Waals surface area contributed by atoms with Crippen LogP contribution in [-0.2, 0) is 0 Å². The Morgan fingerprint density at radius 1 is 0.892 bits per heavy atom. The fraction of sp³-hybridized carbons (Fsp3) is 0.0769. The van der Waals surface area contributed by atoms with Gasteiger partial charge in [0.2, 0.25) is 0 Å². The summed E-state index contributed by atoms with van der Waals surface area (Å²) in [6, 6.07) is 23.8. The number of nitro groups is 2. The van der Waals surface area contributed by atoms with Gasteiger partial charge in [-0.2, -0.15) is 0 Å². The van der Waals surface area contributed by atoms with Gasteiger partial charge in [-0.25, -0.2) is 4.98 Å². The summed E-state index contributed by atoms with van der Waals surface area (Å²) in [5, 5.41) is 26.1.